The Morgan fingerprint density at radius 1 is 1.03 bits per heavy atom. The van der Waals surface area contributed by atoms with Gasteiger partial charge in [0.1, 0.15) is 6.61 Å². The predicted octanol–water partition coefficient (Wildman–Crippen LogP) is 4.99. The van der Waals surface area contributed by atoms with E-state index in [1.165, 1.54) is 24.3 Å². The standard InChI is InChI=1S/C25H21N3O5/c1-17-22(25(29)27(26-17)20-8-4-3-5-9-20)14-18-11-12-23(24(15-18)32-2)33-16-19-7-6-10-21(13-19)28(30)31/h3-15H,16H2,1-2H3. The van der Waals surface area contributed by atoms with Gasteiger partial charge in [0.05, 0.1) is 29.0 Å². The normalized spacial score (nSPS) is 14.4. The number of hydrogen-bond donors (Lipinski definition) is 0. The maximum Gasteiger partial charge on any atom is 0.280 e. The van der Waals surface area contributed by atoms with Crippen LogP contribution in [0, 0.1) is 10.1 Å². The van der Waals surface area contributed by atoms with Crippen LogP contribution in [-0.2, 0) is 11.4 Å². The number of methoxy groups -OCH3 is 1. The molecule has 1 aliphatic rings. The molecule has 33 heavy (non-hydrogen) atoms. The molecule has 0 bridgehead atoms. The topological polar surface area (TPSA) is 94.3 Å². The van der Waals surface area contributed by atoms with Crippen LogP contribution in [-0.4, -0.2) is 23.7 Å². The number of ether oxygens (including phenoxy) is 2. The lowest BCUT2D eigenvalue weighted by Crippen LogP contribution is -2.21. The quantitative estimate of drug-likeness (QED) is 0.291. The van der Waals surface area contributed by atoms with Crippen LogP contribution in [0.4, 0.5) is 11.4 Å². The van der Waals surface area contributed by atoms with Crippen LogP contribution in [0.2, 0.25) is 0 Å². The zero-order valence-electron chi connectivity index (χ0n) is 18.1. The van der Waals surface area contributed by atoms with E-state index < -0.39 is 4.92 Å². The summed E-state index contributed by atoms with van der Waals surface area (Å²) in [5.74, 6) is 0.763. The molecule has 0 atom stereocenters. The highest BCUT2D eigenvalue weighted by atomic mass is 16.6. The van der Waals surface area contributed by atoms with Crippen molar-refractivity contribution >= 4 is 29.1 Å². The molecule has 0 aliphatic carbocycles. The van der Waals surface area contributed by atoms with Crippen molar-refractivity contribution in [3.8, 4) is 11.5 Å². The van der Waals surface area contributed by atoms with Gasteiger partial charge < -0.3 is 9.47 Å². The summed E-state index contributed by atoms with van der Waals surface area (Å²) in [6.07, 6.45) is 1.76. The molecule has 0 radical (unpaired) electrons. The van der Waals surface area contributed by atoms with E-state index in [2.05, 4.69) is 5.10 Å². The summed E-state index contributed by atoms with van der Waals surface area (Å²) in [4.78, 5) is 23.4. The van der Waals surface area contributed by atoms with E-state index in [4.69, 9.17) is 9.47 Å². The fourth-order valence-corrected chi connectivity index (χ4v) is 3.41. The molecule has 0 spiro atoms. The number of hydrogen-bond acceptors (Lipinski definition) is 6. The van der Waals surface area contributed by atoms with Crippen molar-refractivity contribution in [2.24, 2.45) is 5.10 Å². The molecule has 0 N–H and O–H groups in total. The first-order valence-electron chi connectivity index (χ1n) is 10.2. The van der Waals surface area contributed by atoms with Crippen molar-refractivity contribution in [3.05, 3.63) is 99.6 Å². The molecule has 0 saturated heterocycles. The number of non-ortho nitro benzene ring substituents is 1. The molecule has 8 nitrogen and oxygen atoms in total. The Bertz CT molecular complexity index is 1270. The molecule has 0 unspecified atom stereocenters. The van der Waals surface area contributed by atoms with E-state index in [9.17, 15) is 14.9 Å². The highest BCUT2D eigenvalue weighted by Crippen LogP contribution is 2.31. The number of nitro benzene ring substituents is 1. The minimum atomic E-state index is -0.444. The number of carbonyl (C=O) groups excluding carboxylic acids is 1. The number of nitrogens with zero attached hydrogens (tertiary/aromatic N) is 3. The molecule has 3 aromatic rings. The number of benzene rings is 3. The van der Waals surface area contributed by atoms with Gasteiger partial charge in [0, 0.05) is 12.1 Å². The van der Waals surface area contributed by atoms with Gasteiger partial charge in [-0.05, 0) is 48.4 Å². The largest absolute Gasteiger partial charge is 0.493 e. The van der Waals surface area contributed by atoms with Gasteiger partial charge in [-0.1, -0.05) is 36.4 Å². The molecule has 4 rings (SSSR count). The lowest BCUT2D eigenvalue weighted by Gasteiger charge is -2.12. The van der Waals surface area contributed by atoms with Crippen molar-refractivity contribution in [3.63, 3.8) is 0 Å². The monoisotopic (exact) mass is 443 g/mol. The predicted molar refractivity (Wildman–Crippen MR) is 125 cm³/mol. The van der Waals surface area contributed by atoms with Crippen LogP contribution in [0.1, 0.15) is 18.1 Å². The molecule has 0 fully saturated rings. The van der Waals surface area contributed by atoms with E-state index in [-0.39, 0.29) is 18.2 Å². The van der Waals surface area contributed by atoms with Gasteiger partial charge in [-0.15, -0.1) is 0 Å². The molecule has 166 valence electrons. The number of para-hydroxylation sites is 1. The smallest absolute Gasteiger partial charge is 0.280 e. The van der Waals surface area contributed by atoms with Gasteiger partial charge in [-0.2, -0.15) is 10.1 Å². The van der Waals surface area contributed by atoms with E-state index in [0.29, 0.717) is 34.0 Å². The van der Waals surface area contributed by atoms with Crippen LogP contribution in [0.25, 0.3) is 6.08 Å². The number of nitro groups is 1. The summed E-state index contributed by atoms with van der Waals surface area (Å²) in [5.41, 5.74) is 3.24. The van der Waals surface area contributed by atoms with Gasteiger partial charge in [0.2, 0.25) is 0 Å². The second-order valence-electron chi connectivity index (χ2n) is 7.32. The van der Waals surface area contributed by atoms with E-state index >= 15 is 0 Å². The Morgan fingerprint density at radius 2 is 1.82 bits per heavy atom. The second kappa shape index (κ2) is 9.35. The number of amides is 1. The molecule has 0 aromatic heterocycles. The number of carbonyl (C=O) groups is 1. The summed E-state index contributed by atoms with van der Waals surface area (Å²) >= 11 is 0. The number of rotatable bonds is 7. The fourth-order valence-electron chi connectivity index (χ4n) is 3.41. The van der Waals surface area contributed by atoms with Crippen molar-refractivity contribution in [1.29, 1.82) is 0 Å². The summed E-state index contributed by atoms with van der Waals surface area (Å²) < 4.78 is 11.3. The molecule has 3 aromatic carbocycles. The van der Waals surface area contributed by atoms with Gasteiger partial charge in [-0.3, -0.25) is 14.9 Å². The third-order valence-corrected chi connectivity index (χ3v) is 5.08. The molecule has 8 heteroatoms. The highest BCUT2D eigenvalue weighted by molar-refractivity contribution is 6.32. The van der Waals surface area contributed by atoms with Gasteiger partial charge in [0.25, 0.3) is 11.6 Å². The summed E-state index contributed by atoms with van der Waals surface area (Å²) in [5, 5.41) is 16.7. The van der Waals surface area contributed by atoms with Crippen LogP contribution in [0.5, 0.6) is 11.5 Å². The molecular formula is C25H21N3O5. The van der Waals surface area contributed by atoms with Gasteiger partial charge >= 0.3 is 0 Å². The van der Waals surface area contributed by atoms with E-state index in [1.54, 1.807) is 37.3 Å². The molecule has 1 aliphatic heterocycles. The van der Waals surface area contributed by atoms with Crippen molar-refractivity contribution in [2.75, 3.05) is 12.1 Å². The summed E-state index contributed by atoms with van der Waals surface area (Å²) in [7, 11) is 1.52. The Hall–Kier alpha value is -4.46. The zero-order valence-corrected chi connectivity index (χ0v) is 18.1. The minimum Gasteiger partial charge on any atom is -0.493 e. The summed E-state index contributed by atoms with van der Waals surface area (Å²) in [6.45, 7) is 1.94. The first kappa shape index (κ1) is 21.8. The van der Waals surface area contributed by atoms with Crippen LogP contribution < -0.4 is 14.5 Å². The third-order valence-electron chi connectivity index (χ3n) is 5.08. The van der Waals surface area contributed by atoms with Crippen LogP contribution >= 0.6 is 0 Å². The Morgan fingerprint density at radius 3 is 2.55 bits per heavy atom. The zero-order chi connectivity index (χ0) is 23.4. The molecular weight excluding hydrogens is 422 g/mol. The van der Waals surface area contributed by atoms with Crippen molar-refractivity contribution in [2.45, 2.75) is 13.5 Å². The lowest BCUT2D eigenvalue weighted by molar-refractivity contribution is -0.384. The van der Waals surface area contributed by atoms with E-state index in [1.807, 2.05) is 36.4 Å². The first-order valence-corrected chi connectivity index (χ1v) is 10.2. The highest BCUT2D eigenvalue weighted by Gasteiger charge is 2.28. The van der Waals surface area contributed by atoms with Crippen LogP contribution in [0.3, 0.4) is 0 Å². The minimum absolute atomic E-state index is 0.00727. The molecule has 1 amide bonds. The second-order valence-corrected chi connectivity index (χ2v) is 7.32. The SMILES string of the molecule is COc1cc(C=C2C(=O)N(c3ccccc3)N=C2C)ccc1OCc1cccc([N+](=O)[O-])c1. The molecule has 1 heterocycles. The average Bonchev–Trinajstić information content (AvgIpc) is 3.12. The van der Waals surface area contributed by atoms with Gasteiger partial charge in [-0.25, -0.2) is 0 Å². The number of anilines is 1. The maximum atomic E-state index is 12.9. The fraction of sp³-hybridized carbons (Fsp3) is 0.120. The van der Waals surface area contributed by atoms with Gasteiger partial charge in [0.15, 0.2) is 11.5 Å². The Labute approximate surface area is 190 Å². The van der Waals surface area contributed by atoms with Crippen LogP contribution in [0.15, 0.2) is 83.5 Å². The van der Waals surface area contributed by atoms with E-state index in [0.717, 1.165) is 5.56 Å². The average molecular weight is 443 g/mol. The number of hydrazone groups is 1. The first-order chi connectivity index (χ1) is 16.0. The lowest BCUT2D eigenvalue weighted by atomic mass is 10.1. The molecule has 0 saturated carbocycles. The third kappa shape index (κ3) is 4.74. The summed E-state index contributed by atoms with van der Waals surface area (Å²) in [6, 6.07) is 20.8. The maximum absolute atomic E-state index is 12.9. The van der Waals surface area contributed by atoms with Crippen molar-refractivity contribution in [1.82, 2.24) is 0 Å². The Balaban J connectivity index is 1.53. The Kier molecular flexibility index (Phi) is 6.17. The van der Waals surface area contributed by atoms with Crippen molar-refractivity contribution < 1.29 is 19.2 Å².